The number of aromatic nitrogens is 2. The predicted octanol–water partition coefficient (Wildman–Crippen LogP) is 1.90. The molecule has 2 heterocycles. The van der Waals surface area contributed by atoms with Crippen LogP contribution in [0.1, 0.15) is 43.9 Å². The van der Waals surface area contributed by atoms with Crippen molar-refractivity contribution in [2.24, 2.45) is 11.1 Å². The standard InChI is InChI=1S/C15H23N5/c1-15(14(16)17)6-8-20(9-7-15)13-11-4-2-3-5-12(11)18-10-19-13/h10H,2-9H2,1H3,(H3,16,17). The molecule has 0 bridgehead atoms. The van der Waals surface area contributed by atoms with Crippen molar-refractivity contribution in [2.45, 2.75) is 45.4 Å². The highest BCUT2D eigenvalue weighted by atomic mass is 15.2. The zero-order chi connectivity index (χ0) is 14.2. The Labute approximate surface area is 120 Å². The molecule has 0 amide bonds. The van der Waals surface area contributed by atoms with Gasteiger partial charge in [-0.3, -0.25) is 5.41 Å². The third-order valence-electron chi connectivity index (χ3n) is 4.92. The number of hydrogen-bond donors (Lipinski definition) is 2. The van der Waals surface area contributed by atoms with Gasteiger partial charge in [0.15, 0.2) is 0 Å². The molecule has 1 aliphatic carbocycles. The van der Waals surface area contributed by atoms with E-state index in [0.29, 0.717) is 5.84 Å². The Morgan fingerprint density at radius 2 is 1.95 bits per heavy atom. The SMILES string of the molecule is CC1(C(=N)N)CCN(c2ncnc3c2CCCC3)CC1. The van der Waals surface area contributed by atoms with Crippen LogP contribution in [0.4, 0.5) is 5.82 Å². The molecule has 3 rings (SSSR count). The lowest BCUT2D eigenvalue weighted by Gasteiger charge is -2.40. The fourth-order valence-corrected chi connectivity index (χ4v) is 3.26. The summed E-state index contributed by atoms with van der Waals surface area (Å²) in [6.45, 7) is 3.96. The summed E-state index contributed by atoms with van der Waals surface area (Å²) >= 11 is 0. The summed E-state index contributed by atoms with van der Waals surface area (Å²) in [5.41, 5.74) is 8.19. The van der Waals surface area contributed by atoms with Gasteiger partial charge in [-0.25, -0.2) is 9.97 Å². The first-order valence-corrected chi connectivity index (χ1v) is 7.52. The van der Waals surface area contributed by atoms with Crippen molar-refractivity contribution in [1.82, 2.24) is 9.97 Å². The summed E-state index contributed by atoms with van der Waals surface area (Å²) in [6, 6.07) is 0. The maximum Gasteiger partial charge on any atom is 0.135 e. The van der Waals surface area contributed by atoms with Crippen LogP contribution in [0.25, 0.3) is 0 Å². The zero-order valence-corrected chi connectivity index (χ0v) is 12.2. The lowest BCUT2D eigenvalue weighted by atomic mass is 9.79. The van der Waals surface area contributed by atoms with E-state index in [1.165, 1.54) is 24.1 Å². The number of hydrogen-bond acceptors (Lipinski definition) is 4. The average Bonchev–Trinajstić information content (AvgIpc) is 2.47. The van der Waals surface area contributed by atoms with E-state index >= 15 is 0 Å². The van der Waals surface area contributed by atoms with Gasteiger partial charge in [-0.05, 0) is 38.5 Å². The second-order valence-corrected chi connectivity index (χ2v) is 6.29. The second-order valence-electron chi connectivity index (χ2n) is 6.29. The molecule has 0 spiro atoms. The first-order chi connectivity index (χ1) is 9.60. The molecule has 0 atom stereocenters. The number of fused-ring (bicyclic) bond motifs is 1. The summed E-state index contributed by atoms with van der Waals surface area (Å²) < 4.78 is 0. The molecule has 3 N–H and O–H groups in total. The van der Waals surface area contributed by atoms with Crippen LogP contribution in [0.5, 0.6) is 0 Å². The minimum Gasteiger partial charge on any atom is -0.387 e. The zero-order valence-electron chi connectivity index (χ0n) is 12.2. The summed E-state index contributed by atoms with van der Waals surface area (Å²) in [6.07, 6.45) is 8.24. The van der Waals surface area contributed by atoms with Crippen LogP contribution in [-0.4, -0.2) is 28.9 Å². The smallest absolute Gasteiger partial charge is 0.135 e. The molecule has 0 saturated carbocycles. The van der Waals surface area contributed by atoms with Crippen LogP contribution in [0.15, 0.2) is 6.33 Å². The highest BCUT2D eigenvalue weighted by molar-refractivity contribution is 5.83. The van der Waals surface area contributed by atoms with Crippen LogP contribution >= 0.6 is 0 Å². The van der Waals surface area contributed by atoms with Crippen LogP contribution in [0.3, 0.4) is 0 Å². The molecule has 108 valence electrons. The number of nitrogens with zero attached hydrogens (tertiary/aromatic N) is 3. The number of nitrogens with one attached hydrogen (secondary N) is 1. The monoisotopic (exact) mass is 273 g/mol. The minimum atomic E-state index is -0.135. The van der Waals surface area contributed by atoms with Gasteiger partial charge in [-0.2, -0.15) is 0 Å². The van der Waals surface area contributed by atoms with Crippen LogP contribution < -0.4 is 10.6 Å². The van der Waals surface area contributed by atoms with Crippen LogP contribution in [0, 0.1) is 10.8 Å². The number of piperidine rings is 1. The van der Waals surface area contributed by atoms with E-state index in [-0.39, 0.29) is 5.41 Å². The summed E-state index contributed by atoms with van der Waals surface area (Å²) in [4.78, 5) is 11.3. The Kier molecular flexibility index (Phi) is 3.36. The molecule has 0 radical (unpaired) electrons. The Bertz CT molecular complexity index is 517. The van der Waals surface area contributed by atoms with E-state index in [1.807, 2.05) is 0 Å². The molecule has 5 nitrogen and oxygen atoms in total. The quantitative estimate of drug-likeness (QED) is 0.637. The maximum atomic E-state index is 7.74. The normalized spacial score (nSPS) is 21.4. The van der Waals surface area contributed by atoms with Gasteiger partial charge in [-0.15, -0.1) is 0 Å². The van der Waals surface area contributed by atoms with Crippen molar-refractivity contribution >= 4 is 11.7 Å². The van der Waals surface area contributed by atoms with Gasteiger partial charge >= 0.3 is 0 Å². The molecule has 20 heavy (non-hydrogen) atoms. The molecule has 1 aliphatic heterocycles. The Balaban J connectivity index is 1.80. The van der Waals surface area contributed by atoms with E-state index < -0.39 is 0 Å². The van der Waals surface area contributed by atoms with Crippen molar-refractivity contribution in [1.29, 1.82) is 5.41 Å². The Hall–Kier alpha value is -1.65. The number of rotatable bonds is 2. The van der Waals surface area contributed by atoms with Gasteiger partial charge in [0.05, 0.1) is 5.84 Å². The Morgan fingerprint density at radius 3 is 2.65 bits per heavy atom. The van der Waals surface area contributed by atoms with E-state index in [2.05, 4.69) is 21.8 Å². The lowest BCUT2D eigenvalue weighted by molar-refractivity contribution is 0.349. The molecule has 0 unspecified atom stereocenters. The van der Waals surface area contributed by atoms with E-state index in [9.17, 15) is 0 Å². The van der Waals surface area contributed by atoms with Gasteiger partial charge in [0, 0.05) is 29.8 Å². The van der Waals surface area contributed by atoms with Gasteiger partial charge in [0.2, 0.25) is 0 Å². The van der Waals surface area contributed by atoms with Crippen LogP contribution in [0.2, 0.25) is 0 Å². The molecule has 2 aliphatic rings. The maximum absolute atomic E-state index is 7.74. The fraction of sp³-hybridized carbons (Fsp3) is 0.667. The first-order valence-electron chi connectivity index (χ1n) is 7.52. The second kappa shape index (κ2) is 5.04. The molecule has 0 aromatic carbocycles. The first kappa shape index (κ1) is 13.3. The topological polar surface area (TPSA) is 78.9 Å². The number of aryl methyl sites for hydroxylation is 1. The predicted molar refractivity (Wildman–Crippen MR) is 80.1 cm³/mol. The summed E-state index contributed by atoms with van der Waals surface area (Å²) in [5, 5.41) is 7.74. The lowest BCUT2D eigenvalue weighted by Crippen LogP contribution is -2.45. The fourth-order valence-electron chi connectivity index (χ4n) is 3.26. The third kappa shape index (κ3) is 2.25. The molecule has 1 aromatic rings. The molecule has 1 saturated heterocycles. The minimum absolute atomic E-state index is 0.135. The van der Waals surface area contributed by atoms with Gasteiger partial charge in [-0.1, -0.05) is 6.92 Å². The molecule has 1 aromatic heterocycles. The van der Waals surface area contributed by atoms with Gasteiger partial charge in [0.25, 0.3) is 0 Å². The number of amidine groups is 1. The number of anilines is 1. The van der Waals surface area contributed by atoms with E-state index in [1.54, 1.807) is 6.33 Å². The third-order valence-corrected chi connectivity index (χ3v) is 4.92. The highest BCUT2D eigenvalue weighted by Gasteiger charge is 2.34. The summed E-state index contributed by atoms with van der Waals surface area (Å²) in [5.74, 6) is 1.45. The van der Waals surface area contributed by atoms with Gasteiger partial charge < -0.3 is 10.6 Å². The largest absolute Gasteiger partial charge is 0.387 e. The van der Waals surface area contributed by atoms with Crippen molar-refractivity contribution < 1.29 is 0 Å². The van der Waals surface area contributed by atoms with E-state index in [0.717, 1.165) is 44.6 Å². The molecule has 5 heteroatoms. The van der Waals surface area contributed by atoms with Crippen molar-refractivity contribution in [3.8, 4) is 0 Å². The van der Waals surface area contributed by atoms with Crippen LogP contribution in [-0.2, 0) is 12.8 Å². The Morgan fingerprint density at radius 1 is 1.25 bits per heavy atom. The van der Waals surface area contributed by atoms with E-state index in [4.69, 9.17) is 11.1 Å². The number of nitrogens with two attached hydrogens (primary N) is 1. The molecular formula is C15H23N5. The molecule has 1 fully saturated rings. The van der Waals surface area contributed by atoms with Crippen molar-refractivity contribution in [2.75, 3.05) is 18.0 Å². The average molecular weight is 273 g/mol. The highest BCUT2D eigenvalue weighted by Crippen LogP contribution is 2.34. The summed E-state index contributed by atoms with van der Waals surface area (Å²) in [7, 11) is 0. The van der Waals surface area contributed by atoms with Crippen molar-refractivity contribution in [3.63, 3.8) is 0 Å². The molecular weight excluding hydrogens is 250 g/mol. The van der Waals surface area contributed by atoms with Gasteiger partial charge in [0.1, 0.15) is 12.1 Å². The van der Waals surface area contributed by atoms with Crippen molar-refractivity contribution in [3.05, 3.63) is 17.6 Å².